The molecule has 1 atom stereocenters. The largest absolute Gasteiger partial charge is 0.336 e. The molecule has 0 radical (unpaired) electrons. The Morgan fingerprint density at radius 1 is 1.53 bits per heavy atom. The van der Waals surface area contributed by atoms with Gasteiger partial charge in [0.25, 0.3) is 0 Å². The number of carbonyl (C=O) groups excluding carboxylic acids is 1. The van der Waals surface area contributed by atoms with E-state index in [1.165, 1.54) is 12.1 Å². The summed E-state index contributed by atoms with van der Waals surface area (Å²) in [6, 6.07) is 6.62. The average Bonchev–Trinajstić information content (AvgIpc) is 2.38. The maximum absolute atomic E-state index is 13.1. The molecule has 102 valence electrons. The first kappa shape index (κ1) is 13.7. The fourth-order valence-electron chi connectivity index (χ4n) is 2.23. The molecule has 3 nitrogen and oxygen atoms in total. The molecule has 0 aliphatic carbocycles. The highest BCUT2D eigenvalue weighted by molar-refractivity contribution is 5.94. The second-order valence-corrected chi connectivity index (χ2v) is 4.98. The summed E-state index contributed by atoms with van der Waals surface area (Å²) in [7, 11) is 0. The van der Waals surface area contributed by atoms with E-state index in [1.807, 2.05) is 17.9 Å². The van der Waals surface area contributed by atoms with Gasteiger partial charge < -0.3 is 10.2 Å². The minimum Gasteiger partial charge on any atom is -0.336 e. The molecule has 19 heavy (non-hydrogen) atoms. The maximum Gasteiger partial charge on any atom is 0.246 e. The first-order chi connectivity index (χ1) is 9.06. The number of hydrogen-bond donors (Lipinski definition) is 1. The van der Waals surface area contributed by atoms with Gasteiger partial charge in [-0.3, -0.25) is 4.79 Å². The fourth-order valence-corrected chi connectivity index (χ4v) is 2.23. The molecule has 1 amide bonds. The average molecular weight is 262 g/mol. The van der Waals surface area contributed by atoms with Crippen molar-refractivity contribution in [1.82, 2.24) is 10.2 Å². The van der Waals surface area contributed by atoms with Crippen LogP contribution in [-0.2, 0) is 4.79 Å². The number of rotatable bonds is 2. The van der Waals surface area contributed by atoms with Gasteiger partial charge >= 0.3 is 0 Å². The molecular formula is C15H19FN2O. The van der Waals surface area contributed by atoms with Gasteiger partial charge in [-0.1, -0.05) is 12.1 Å². The lowest BCUT2D eigenvalue weighted by atomic mass is 10.1. The van der Waals surface area contributed by atoms with Crippen LogP contribution in [0.4, 0.5) is 4.39 Å². The normalized spacial score (nSPS) is 20.5. The van der Waals surface area contributed by atoms with Crippen LogP contribution in [0.15, 0.2) is 30.3 Å². The molecule has 1 aliphatic rings. The Kier molecular flexibility index (Phi) is 4.32. The molecule has 1 saturated heterocycles. The summed E-state index contributed by atoms with van der Waals surface area (Å²) >= 11 is 0. The maximum atomic E-state index is 13.1. The van der Waals surface area contributed by atoms with E-state index in [0.717, 1.165) is 24.2 Å². The van der Waals surface area contributed by atoms with E-state index in [0.29, 0.717) is 12.6 Å². The molecule has 2 rings (SSSR count). The van der Waals surface area contributed by atoms with Crippen molar-refractivity contribution >= 4 is 11.5 Å². The van der Waals surface area contributed by atoms with Crippen molar-refractivity contribution in [3.63, 3.8) is 0 Å². The van der Waals surface area contributed by atoms with Crippen molar-refractivity contribution in [2.24, 2.45) is 0 Å². The van der Waals surface area contributed by atoms with Crippen LogP contribution in [-0.4, -0.2) is 36.5 Å². The number of hydrogen-bond acceptors (Lipinski definition) is 2. The molecular weight excluding hydrogens is 243 g/mol. The zero-order chi connectivity index (χ0) is 13.8. The van der Waals surface area contributed by atoms with Gasteiger partial charge in [0.05, 0.1) is 0 Å². The van der Waals surface area contributed by atoms with E-state index >= 15 is 0 Å². The Hall–Kier alpha value is -1.68. The minimum atomic E-state index is -0.284. The first-order valence-electron chi connectivity index (χ1n) is 6.53. The molecule has 0 bridgehead atoms. The van der Waals surface area contributed by atoms with Gasteiger partial charge in [0, 0.05) is 31.8 Å². The van der Waals surface area contributed by atoms with Crippen LogP contribution in [0, 0.1) is 5.82 Å². The molecule has 1 aromatic rings. The molecule has 0 spiro atoms. The smallest absolute Gasteiger partial charge is 0.246 e. The number of piperazine rings is 1. The van der Waals surface area contributed by atoms with E-state index in [9.17, 15) is 9.18 Å². The van der Waals surface area contributed by atoms with Crippen molar-refractivity contribution in [3.05, 3.63) is 41.7 Å². The molecule has 1 N–H and O–H groups in total. The van der Waals surface area contributed by atoms with Gasteiger partial charge in [0.15, 0.2) is 0 Å². The van der Waals surface area contributed by atoms with Gasteiger partial charge in [0.1, 0.15) is 5.82 Å². The minimum absolute atomic E-state index is 0.00453. The summed E-state index contributed by atoms with van der Waals surface area (Å²) in [5.41, 5.74) is 1.53. The zero-order valence-electron chi connectivity index (χ0n) is 11.3. The van der Waals surface area contributed by atoms with Crippen LogP contribution in [0.25, 0.3) is 5.57 Å². The predicted molar refractivity (Wildman–Crippen MR) is 74.1 cm³/mol. The van der Waals surface area contributed by atoms with Gasteiger partial charge in [0.2, 0.25) is 5.91 Å². The second-order valence-electron chi connectivity index (χ2n) is 4.98. The molecule has 4 heteroatoms. The van der Waals surface area contributed by atoms with Crippen LogP contribution in [0.3, 0.4) is 0 Å². The number of amides is 1. The summed E-state index contributed by atoms with van der Waals surface area (Å²) < 4.78 is 13.1. The molecule has 1 aromatic carbocycles. The van der Waals surface area contributed by atoms with Crippen molar-refractivity contribution in [1.29, 1.82) is 0 Å². The lowest BCUT2D eigenvalue weighted by molar-refractivity contribution is -0.127. The molecule has 1 unspecified atom stereocenters. The Morgan fingerprint density at radius 2 is 2.32 bits per heavy atom. The SMILES string of the molecule is CC(=CC(=O)N1CCNC(C)C1)c1cccc(F)c1. The number of carbonyl (C=O) groups is 1. The highest BCUT2D eigenvalue weighted by atomic mass is 19.1. The van der Waals surface area contributed by atoms with Crippen LogP contribution in [0.2, 0.25) is 0 Å². The number of benzene rings is 1. The zero-order valence-corrected chi connectivity index (χ0v) is 11.3. The van der Waals surface area contributed by atoms with Crippen molar-refractivity contribution in [2.45, 2.75) is 19.9 Å². The van der Waals surface area contributed by atoms with Crippen molar-refractivity contribution in [3.8, 4) is 0 Å². The monoisotopic (exact) mass is 262 g/mol. The van der Waals surface area contributed by atoms with Crippen molar-refractivity contribution in [2.75, 3.05) is 19.6 Å². The molecule has 1 fully saturated rings. The fraction of sp³-hybridized carbons (Fsp3) is 0.400. The van der Waals surface area contributed by atoms with E-state index in [-0.39, 0.29) is 11.7 Å². The van der Waals surface area contributed by atoms with Gasteiger partial charge in [-0.25, -0.2) is 4.39 Å². The number of halogens is 1. The summed E-state index contributed by atoms with van der Waals surface area (Å²) in [5.74, 6) is -0.288. The van der Waals surface area contributed by atoms with Crippen LogP contribution >= 0.6 is 0 Å². The third-order valence-electron chi connectivity index (χ3n) is 3.30. The Balaban J connectivity index is 2.09. The van der Waals surface area contributed by atoms with Crippen LogP contribution in [0.1, 0.15) is 19.4 Å². The Morgan fingerprint density at radius 3 is 3.00 bits per heavy atom. The highest BCUT2D eigenvalue weighted by Crippen LogP contribution is 2.15. The van der Waals surface area contributed by atoms with Gasteiger partial charge in [-0.05, 0) is 37.1 Å². The van der Waals surface area contributed by atoms with E-state index in [2.05, 4.69) is 12.2 Å². The van der Waals surface area contributed by atoms with Gasteiger partial charge in [-0.15, -0.1) is 0 Å². The van der Waals surface area contributed by atoms with Crippen LogP contribution in [0.5, 0.6) is 0 Å². The lowest BCUT2D eigenvalue weighted by Gasteiger charge is -2.31. The second kappa shape index (κ2) is 5.97. The summed E-state index contributed by atoms with van der Waals surface area (Å²) in [6.45, 7) is 6.14. The van der Waals surface area contributed by atoms with Gasteiger partial charge in [-0.2, -0.15) is 0 Å². The standard InChI is InChI=1S/C15H19FN2O/c1-11(13-4-3-5-14(16)9-13)8-15(19)18-7-6-17-12(2)10-18/h3-5,8-9,12,17H,6-7,10H2,1-2H3. The number of allylic oxidation sites excluding steroid dienone is 1. The third kappa shape index (κ3) is 3.64. The predicted octanol–water partition coefficient (Wildman–Crippen LogP) is 2.05. The summed E-state index contributed by atoms with van der Waals surface area (Å²) in [6.07, 6.45) is 1.59. The van der Waals surface area contributed by atoms with Crippen molar-refractivity contribution < 1.29 is 9.18 Å². The van der Waals surface area contributed by atoms with E-state index < -0.39 is 0 Å². The quantitative estimate of drug-likeness (QED) is 0.827. The topological polar surface area (TPSA) is 32.3 Å². The number of nitrogens with one attached hydrogen (secondary N) is 1. The molecule has 1 aliphatic heterocycles. The molecule has 0 aromatic heterocycles. The van der Waals surface area contributed by atoms with E-state index in [1.54, 1.807) is 12.1 Å². The summed E-state index contributed by atoms with van der Waals surface area (Å²) in [5, 5.41) is 3.30. The summed E-state index contributed by atoms with van der Waals surface area (Å²) in [4.78, 5) is 14.0. The lowest BCUT2D eigenvalue weighted by Crippen LogP contribution is -2.50. The Labute approximate surface area is 113 Å². The first-order valence-corrected chi connectivity index (χ1v) is 6.53. The highest BCUT2D eigenvalue weighted by Gasteiger charge is 2.18. The number of nitrogens with zero attached hydrogens (tertiary/aromatic N) is 1. The van der Waals surface area contributed by atoms with Crippen LogP contribution < -0.4 is 5.32 Å². The third-order valence-corrected chi connectivity index (χ3v) is 3.30. The molecule has 1 heterocycles. The van der Waals surface area contributed by atoms with E-state index in [4.69, 9.17) is 0 Å². The Bertz CT molecular complexity index is 499. The molecule has 0 saturated carbocycles.